The Kier molecular flexibility index (Phi) is 4.24. The van der Waals surface area contributed by atoms with Crippen LogP contribution in [-0.2, 0) is 4.74 Å². The molecule has 0 atom stereocenters. The molecule has 134 valence electrons. The van der Waals surface area contributed by atoms with Crippen LogP contribution < -0.4 is 4.90 Å². The minimum absolute atomic E-state index is 0.142. The van der Waals surface area contributed by atoms with Crippen LogP contribution in [0.5, 0.6) is 0 Å². The van der Waals surface area contributed by atoms with Gasteiger partial charge in [0.2, 0.25) is 0 Å². The van der Waals surface area contributed by atoms with Gasteiger partial charge in [0.15, 0.2) is 0 Å². The zero-order valence-electron chi connectivity index (χ0n) is 14.6. The van der Waals surface area contributed by atoms with Crippen LogP contribution >= 0.6 is 11.6 Å². The molecule has 2 aromatic heterocycles. The summed E-state index contributed by atoms with van der Waals surface area (Å²) in [6, 6.07) is 4.59. The van der Waals surface area contributed by atoms with Gasteiger partial charge in [0.1, 0.15) is 23.1 Å². The second kappa shape index (κ2) is 6.15. The average molecular weight is 375 g/mol. The SMILES string of the molecule is CN(C(=O)OC(C)(C)C)c1cc(F)c(C#N)c2c1[nH]c1ncc(Cl)cc12. The van der Waals surface area contributed by atoms with Crippen molar-refractivity contribution in [1.82, 2.24) is 9.97 Å². The topological polar surface area (TPSA) is 82.0 Å². The standard InChI is InChI=1S/C18H16ClFN4O2/c1-18(2,3)26-17(25)24(4)13-6-12(20)11(7-21)14-10-5-9(19)8-22-16(10)23-15(13)14/h5-6,8H,1-4H3,(H,22,23). The molecule has 26 heavy (non-hydrogen) atoms. The normalized spacial score (nSPS) is 11.6. The van der Waals surface area contributed by atoms with E-state index in [4.69, 9.17) is 16.3 Å². The number of rotatable bonds is 1. The first-order chi connectivity index (χ1) is 12.1. The number of nitriles is 1. The van der Waals surface area contributed by atoms with E-state index in [1.54, 1.807) is 26.8 Å². The smallest absolute Gasteiger partial charge is 0.414 e. The van der Waals surface area contributed by atoms with Gasteiger partial charge >= 0.3 is 6.09 Å². The van der Waals surface area contributed by atoms with E-state index in [-0.39, 0.29) is 11.3 Å². The van der Waals surface area contributed by atoms with Gasteiger partial charge in [-0.25, -0.2) is 14.2 Å². The van der Waals surface area contributed by atoms with Gasteiger partial charge in [0.05, 0.1) is 21.8 Å². The van der Waals surface area contributed by atoms with Gasteiger partial charge in [0, 0.05) is 30.1 Å². The number of benzene rings is 1. The third-order valence-corrected chi connectivity index (χ3v) is 3.97. The number of ether oxygens (including phenoxy) is 1. The number of H-pyrrole nitrogens is 1. The minimum Gasteiger partial charge on any atom is -0.443 e. The summed E-state index contributed by atoms with van der Waals surface area (Å²) in [5.41, 5.74) is 0.230. The number of pyridine rings is 1. The number of carbonyl (C=O) groups excluding carboxylic acids is 1. The molecule has 0 aliphatic carbocycles. The molecule has 1 N–H and O–H groups in total. The van der Waals surface area contributed by atoms with E-state index < -0.39 is 17.5 Å². The molecule has 8 heteroatoms. The molecule has 0 spiro atoms. The number of aromatic amines is 1. The van der Waals surface area contributed by atoms with Gasteiger partial charge in [-0.1, -0.05) is 11.6 Å². The zero-order chi connectivity index (χ0) is 19.2. The summed E-state index contributed by atoms with van der Waals surface area (Å²) in [7, 11) is 1.47. The fourth-order valence-electron chi connectivity index (χ4n) is 2.68. The van der Waals surface area contributed by atoms with Crippen LogP contribution in [0.4, 0.5) is 14.9 Å². The lowest BCUT2D eigenvalue weighted by Crippen LogP contribution is -2.34. The molecule has 6 nitrogen and oxygen atoms in total. The predicted octanol–water partition coefficient (Wildman–Crippen LogP) is 4.75. The van der Waals surface area contributed by atoms with E-state index in [1.807, 2.05) is 6.07 Å². The number of carbonyl (C=O) groups is 1. The van der Waals surface area contributed by atoms with Gasteiger partial charge in [-0.3, -0.25) is 4.90 Å². The molecule has 3 rings (SSSR count). The lowest BCUT2D eigenvalue weighted by Gasteiger charge is -2.25. The molecule has 3 aromatic rings. The number of halogens is 2. The lowest BCUT2D eigenvalue weighted by molar-refractivity contribution is 0.0589. The fraction of sp³-hybridized carbons (Fsp3) is 0.278. The molecule has 2 heterocycles. The summed E-state index contributed by atoms with van der Waals surface area (Å²) in [6.07, 6.45) is 0.798. The van der Waals surface area contributed by atoms with Gasteiger partial charge < -0.3 is 9.72 Å². The highest BCUT2D eigenvalue weighted by Crippen LogP contribution is 2.36. The zero-order valence-corrected chi connectivity index (χ0v) is 15.4. The van der Waals surface area contributed by atoms with E-state index in [9.17, 15) is 14.4 Å². The maximum absolute atomic E-state index is 14.6. The number of anilines is 1. The van der Waals surface area contributed by atoms with Crippen molar-refractivity contribution in [1.29, 1.82) is 5.26 Å². The van der Waals surface area contributed by atoms with Gasteiger partial charge in [-0.2, -0.15) is 5.26 Å². The highest BCUT2D eigenvalue weighted by atomic mass is 35.5. The quantitative estimate of drug-likeness (QED) is 0.666. The Morgan fingerprint density at radius 1 is 1.42 bits per heavy atom. The van der Waals surface area contributed by atoms with Crippen molar-refractivity contribution in [2.24, 2.45) is 0 Å². The van der Waals surface area contributed by atoms with E-state index >= 15 is 0 Å². The first kappa shape index (κ1) is 18.0. The molecule has 0 saturated heterocycles. The summed E-state index contributed by atoms with van der Waals surface area (Å²) in [5, 5.41) is 10.6. The Bertz CT molecular complexity index is 1080. The van der Waals surface area contributed by atoms with Gasteiger partial charge in [-0.05, 0) is 26.8 Å². The van der Waals surface area contributed by atoms with Crippen LogP contribution in [0.2, 0.25) is 5.02 Å². The molecule has 1 amide bonds. The van der Waals surface area contributed by atoms with Crippen molar-refractivity contribution in [3.63, 3.8) is 0 Å². The molecule has 0 aliphatic heterocycles. The molecular formula is C18H16ClFN4O2. The largest absolute Gasteiger partial charge is 0.443 e. The average Bonchev–Trinajstić information content (AvgIpc) is 2.90. The number of nitrogens with one attached hydrogen (secondary N) is 1. The van der Waals surface area contributed by atoms with Crippen LogP contribution in [0, 0.1) is 17.1 Å². The number of hydrogen-bond acceptors (Lipinski definition) is 4. The Labute approximate surface area is 154 Å². The molecule has 0 fully saturated rings. The number of aromatic nitrogens is 2. The van der Waals surface area contributed by atoms with Crippen LogP contribution in [0.15, 0.2) is 18.3 Å². The molecule has 0 radical (unpaired) electrons. The number of amides is 1. The first-order valence-corrected chi connectivity index (χ1v) is 8.16. The van der Waals surface area contributed by atoms with Crippen LogP contribution in [0.3, 0.4) is 0 Å². The molecule has 1 aromatic carbocycles. The third kappa shape index (κ3) is 3.04. The van der Waals surface area contributed by atoms with E-state index in [1.165, 1.54) is 18.1 Å². The second-order valence-corrected chi connectivity index (χ2v) is 7.26. The van der Waals surface area contributed by atoms with Crippen molar-refractivity contribution in [3.05, 3.63) is 34.7 Å². The maximum Gasteiger partial charge on any atom is 0.414 e. The monoisotopic (exact) mass is 374 g/mol. The summed E-state index contributed by atoms with van der Waals surface area (Å²) in [5.74, 6) is -0.744. The molecule has 0 saturated carbocycles. The fourth-order valence-corrected chi connectivity index (χ4v) is 2.84. The molecule has 0 bridgehead atoms. The Morgan fingerprint density at radius 3 is 2.73 bits per heavy atom. The van der Waals surface area contributed by atoms with Crippen molar-refractivity contribution >= 4 is 45.3 Å². The highest BCUT2D eigenvalue weighted by Gasteiger charge is 2.25. The minimum atomic E-state index is -0.744. The summed E-state index contributed by atoms with van der Waals surface area (Å²) in [4.78, 5) is 20.8. The molecular weight excluding hydrogens is 359 g/mol. The van der Waals surface area contributed by atoms with Gasteiger partial charge in [0.25, 0.3) is 0 Å². The summed E-state index contributed by atoms with van der Waals surface area (Å²) < 4.78 is 19.9. The van der Waals surface area contributed by atoms with E-state index in [0.29, 0.717) is 27.0 Å². The van der Waals surface area contributed by atoms with E-state index in [0.717, 1.165) is 6.07 Å². The van der Waals surface area contributed by atoms with Crippen molar-refractivity contribution in [2.45, 2.75) is 26.4 Å². The third-order valence-electron chi connectivity index (χ3n) is 3.77. The van der Waals surface area contributed by atoms with Crippen molar-refractivity contribution in [2.75, 3.05) is 11.9 Å². The summed E-state index contributed by atoms with van der Waals surface area (Å²) >= 11 is 6.00. The van der Waals surface area contributed by atoms with Gasteiger partial charge in [-0.15, -0.1) is 0 Å². The molecule has 0 aliphatic rings. The first-order valence-electron chi connectivity index (χ1n) is 7.78. The Balaban J connectivity index is 2.29. The number of hydrogen-bond donors (Lipinski definition) is 1. The number of nitrogens with zero attached hydrogens (tertiary/aromatic N) is 3. The number of fused-ring (bicyclic) bond motifs is 3. The Morgan fingerprint density at radius 2 is 2.12 bits per heavy atom. The molecule has 0 unspecified atom stereocenters. The lowest BCUT2D eigenvalue weighted by atomic mass is 10.1. The van der Waals surface area contributed by atoms with Crippen molar-refractivity contribution in [3.8, 4) is 6.07 Å². The predicted molar refractivity (Wildman–Crippen MR) is 97.9 cm³/mol. The van der Waals surface area contributed by atoms with Crippen molar-refractivity contribution < 1.29 is 13.9 Å². The summed E-state index contributed by atoms with van der Waals surface area (Å²) in [6.45, 7) is 5.22. The second-order valence-electron chi connectivity index (χ2n) is 6.83. The van der Waals surface area contributed by atoms with E-state index in [2.05, 4.69) is 9.97 Å². The Hall–Kier alpha value is -2.85. The maximum atomic E-state index is 14.6. The highest BCUT2D eigenvalue weighted by molar-refractivity contribution is 6.31. The van der Waals surface area contributed by atoms with Crippen LogP contribution in [0.25, 0.3) is 21.9 Å². The van der Waals surface area contributed by atoms with Crippen LogP contribution in [-0.4, -0.2) is 28.7 Å². The van der Waals surface area contributed by atoms with Crippen LogP contribution in [0.1, 0.15) is 26.3 Å².